The molecule has 0 atom stereocenters. The number of rotatable bonds is 6. The van der Waals surface area contributed by atoms with Gasteiger partial charge in [0, 0.05) is 17.7 Å². The van der Waals surface area contributed by atoms with Crippen LogP contribution in [0, 0.1) is 11.3 Å². The van der Waals surface area contributed by atoms with E-state index < -0.39 is 0 Å². The van der Waals surface area contributed by atoms with E-state index in [2.05, 4.69) is 5.32 Å². The highest BCUT2D eigenvalue weighted by Crippen LogP contribution is 2.24. The van der Waals surface area contributed by atoms with Crippen LogP contribution in [0.4, 0.5) is 0 Å². The highest BCUT2D eigenvalue weighted by Gasteiger charge is 2.19. The number of nitrogens with one attached hydrogen (secondary N) is 1. The molecule has 6 nitrogen and oxygen atoms in total. The molecule has 1 N–H and O–H groups in total. The third kappa shape index (κ3) is 4.68. The average Bonchev–Trinajstić information content (AvgIpc) is 3.38. The number of carbonyl (C=O) groups is 2. The van der Waals surface area contributed by atoms with Crippen LogP contribution >= 0.6 is 0 Å². The molecule has 2 aromatic rings. The Morgan fingerprint density at radius 3 is 2.57 bits per heavy atom. The zero-order valence-corrected chi connectivity index (χ0v) is 15.7. The van der Waals surface area contributed by atoms with Gasteiger partial charge in [-0.25, -0.2) is 4.79 Å². The lowest BCUT2D eigenvalue weighted by Gasteiger charge is -2.10. The molecule has 28 heavy (non-hydrogen) atoms. The van der Waals surface area contributed by atoms with Gasteiger partial charge in [-0.15, -0.1) is 0 Å². The maximum Gasteiger partial charge on any atom is 0.338 e. The van der Waals surface area contributed by atoms with Crippen molar-refractivity contribution in [3.05, 3.63) is 53.3 Å². The molecule has 0 radical (unpaired) electrons. The Labute approximate surface area is 163 Å². The first-order valence-electron chi connectivity index (χ1n) is 9.40. The number of amides is 1. The van der Waals surface area contributed by atoms with E-state index >= 15 is 0 Å². The van der Waals surface area contributed by atoms with E-state index in [1.165, 1.54) is 6.08 Å². The molecule has 1 aliphatic carbocycles. The lowest BCUT2D eigenvalue weighted by molar-refractivity contribution is -0.117. The van der Waals surface area contributed by atoms with Crippen molar-refractivity contribution in [3.63, 3.8) is 0 Å². The Balaban J connectivity index is 1.71. The Hall–Kier alpha value is -3.33. The summed E-state index contributed by atoms with van der Waals surface area (Å²) in [6.07, 6.45) is 5.56. The minimum absolute atomic E-state index is 0.0189. The van der Waals surface area contributed by atoms with Gasteiger partial charge in [0.25, 0.3) is 5.91 Å². The summed E-state index contributed by atoms with van der Waals surface area (Å²) in [5.41, 5.74) is 1.26. The normalized spacial score (nSPS) is 14.5. The summed E-state index contributed by atoms with van der Waals surface area (Å²) in [4.78, 5) is 24.0. The monoisotopic (exact) mass is 378 g/mol. The van der Waals surface area contributed by atoms with E-state index in [1.54, 1.807) is 43.3 Å². The van der Waals surface area contributed by atoms with Crippen molar-refractivity contribution in [3.8, 4) is 17.4 Å². The summed E-state index contributed by atoms with van der Waals surface area (Å²) in [5.74, 6) is 0.257. The fourth-order valence-electron chi connectivity index (χ4n) is 3.19. The van der Waals surface area contributed by atoms with Crippen molar-refractivity contribution in [2.75, 3.05) is 6.61 Å². The summed E-state index contributed by atoms with van der Waals surface area (Å²) in [7, 11) is 0. The fourth-order valence-corrected chi connectivity index (χ4v) is 3.19. The van der Waals surface area contributed by atoms with Crippen LogP contribution < -0.4 is 5.32 Å². The second-order valence-electron chi connectivity index (χ2n) is 6.62. The van der Waals surface area contributed by atoms with Gasteiger partial charge in [-0.05, 0) is 44.0 Å². The zero-order valence-electron chi connectivity index (χ0n) is 15.7. The van der Waals surface area contributed by atoms with Crippen LogP contribution in [-0.4, -0.2) is 24.5 Å². The summed E-state index contributed by atoms with van der Waals surface area (Å²) in [5, 5.41) is 12.2. The first-order valence-corrected chi connectivity index (χ1v) is 9.40. The fraction of sp³-hybridized carbons (Fsp3) is 0.318. The first-order chi connectivity index (χ1) is 13.6. The zero-order chi connectivity index (χ0) is 19.9. The van der Waals surface area contributed by atoms with Crippen LogP contribution in [0.25, 0.3) is 17.4 Å². The standard InChI is InChI=1S/C22H22N2O4/c1-2-27-22(26)16-9-7-15(8-10-16)20-12-11-19(28-20)13-17(14-23)21(25)24-18-5-3-4-6-18/h7-13,18H,2-6H2,1H3,(H,24,25)/b17-13+. The van der Waals surface area contributed by atoms with E-state index in [4.69, 9.17) is 9.15 Å². The van der Waals surface area contributed by atoms with Crippen molar-refractivity contribution in [2.45, 2.75) is 38.6 Å². The third-order valence-corrected chi connectivity index (χ3v) is 4.65. The minimum Gasteiger partial charge on any atom is -0.462 e. The second kappa shape index (κ2) is 9.05. The highest BCUT2D eigenvalue weighted by atomic mass is 16.5. The van der Waals surface area contributed by atoms with Gasteiger partial charge < -0.3 is 14.5 Å². The Morgan fingerprint density at radius 2 is 1.93 bits per heavy atom. The molecule has 0 aliphatic heterocycles. The largest absolute Gasteiger partial charge is 0.462 e. The van der Waals surface area contributed by atoms with Gasteiger partial charge in [-0.2, -0.15) is 5.26 Å². The molecular formula is C22H22N2O4. The third-order valence-electron chi connectivity index (χ3n) is 4.65. The molecule has 0 bridgehead atoms. The number of hydrogen-bond acceptors (Lipinski definition) is 5. The highest BCUT2D eigenvalue weighted by molar-refractivity contribution is 6.01. The van der Waals surface area contributed by atoms with Crippen molar-refractivity contribution < 1.29 is 18.7 Å². The Kier molecular flexibility index (Phi) is 6.28. The lowest BCUT2D eigenvalue weighted by atomic mass is 10.1. The van der Waals surface area contributed by atoms with Gasteiger partial charge in [0.2, 0.25) is 0 Å². The predicted molar refractivity (Wildman–Crippen MR) is 104 cm³/mol. The van der Waals surface area contributed by atoms with Crippen molar-refractivity contribution in [2.24, 2.45) is 0 Å². The van der Waals surface area contributed by atoms with Crippen LogP contribution in [0.15, 0.2) is 46.4 Å². The van der Waals surface area contributed by atoms with Crippen LogP contribution in [0.2, 0.25) is 0 Å². The maximum atomic E-state index is 12.3. The molecule has 3 rings (SSSR count). The molecule has 1 aliphatic rings. The maximum absolute atomic E-state index is 12.3. The van der Waals surface area contributed by atoms with Gasteiger partial charge in [0.05, 0.1) is 12.2 Å². The Morgan fingerprint density at radius 1 is 1.21 bits per heavy atom. The molecule has 1 saturated carbocycles. The average molecular weight is 378 g/mol. The molecule has 1 aromatic carbocycles. The van der Waals surface area contributed by atoms with Crippen LogP contribution in [0.5, 0.6) is 0 Å². The molecule has 6 heteroatoms. The molecule has 144 valence electrons. The van der Waals surface area contributed by atoms with E-state index in [0.717, 1.165) is 31.2 Å². The van der Waals surface area contributed by atoms with Gasteiger partial charge in [0.1, 0.15) is 23.2 Å². The number of hydrogen-bond donors (Lipinski definition) is 1. The van der Waals surface area contributed by atoms with Crippen molar-refractivity contribution in [1.29, 1.82) is 5.26 Å². The van der Waals surface area contributed by atoms with E-state index in [0.29, 0.717) is 23.7 Å². The molecule has 1 heterocycles. The van der Waals surface area contributed by atoms with E-state index in [1.807, 2.05) is 6.07 Å². The van der Waals surface area contributed by atoms with Gasteiger partial charge >= 0.3 is 5.97 Å². The number of furan rings is 1. The summed E-state index contributed by atoms with van der Waals surface area (Å²) >= 11 is 0. The van der Waals surface area contributed by atoms with Gasteiger partial charge in [-0.3, -0.25) is 4.79 Å². The van der Waals surface area contributed by atoms with Crippen molar-refractivity contribution in [1.82, 2.24) is 5.32 Å². The second-order valence-corrected chi connectivity index (χ2v) is 6.62. The number of esters is 1. The van der Waals surface area contributed by atoms with Gasteiger partial charge in [0.15, 0.2) is 0 Å². The molecule has 0 unspecified atom stereocenters. The number of nitriles is 1. The van der Waals surface area contributed by atoms with Gasteiger partial charge in [-0.1, -0.05) is 25.0 Å². The number of benzene rings is 1. The smallest absolute Gasteiger partial charge is 0.338 e. The SMILES string of the molecule is CCOC(=O)c1ccc(-c2ccc(/C=C(\C#N)C(=O)NC3CCCC3)o2)cc1. The Bertz CT molecular complexity index is 913. The minimum atomic E-state index is -0.371. The van der Waals surface area contributed by atoms with Crippen LogP contribution in [-0.2, 0) is 9.53 Å². The topological polar surface area (TPSA) is 92.3 Å². The van der Waals surface area contributed by atoms with E-state index in [-0.39, 0.29) is 23.5 Å². The molecule has 1 fully saturated rings. The first kappa shape index (κ1) is 19.4. The van der Waals surface area contributed by atoms with Crippen LogP contribution in [0.1, 0.15) is 48.7 Å². The molecular weight excluding hydrogens is 356 g/mol. The molecule has 0 saturated heterocycles. The summed E-state index contributed by atoms with van der Waals surface area (Å²) in [6, 6.07) is 12.4. The number of carbonyl (C=O) groups excluding carboxylic acids is 2. The van der Waals surface area contributed by atoms with Crippen molar-refractivity contribution >= 4 is 18.0 Å². The predicted octanol–water partition coefficient (Wildman–Crippen LogP) is 4.09. The van der Waals surface area contributed by atoms with E-state index in [9.17, 15) is 14.9 Å². The summed E-state index contributed by atoms with van der Waals surface area (Å²) in [6.45, 7) is 2.08. The van der Waals surface area contributed by atoms with Crippen LogP contribution in [0.3, 0.4) is 0 Å². The molecule has 1 amide bonds. The molecule has 0 spiro atoms. The number of ether oxygens (including phenoxy) is 1. The lowest BCUT2D eigenvalue weighted by Crippen LogP contribution is -2.33. The summed E-state index contributed by atoms with van der Waals surface area (Å²) < 4.78 is 10.7. The molecule has 1 aromatic heterocycles. The quantitative estimate of drug-likeness (QED) is 0.464. The number of nitrogens with zero attached hydrogens (tertiary/aromatic N) is 1.